The molecule has 1 aromatic heterocycles. The summed E-state index contributed by atoms with van der Waals surface area (Å²) in [6.45, 7) is 0.0972. The second kappa shape index (κ2) is 7.23. The Morgan fingerprint density at radius 1 is 0.923 bits per heavy atom. The van der Waals surface area contributed by atoms with Crippen molar-refractivity contribution in [3.63, 3.8) is 0 Å². The van der Waals surface area contributed by atoms with Gasteiger partial charge in [-0.15, -0.1) is 0 Å². The van der Waals surface area contributed by atoms with Crippen LogP contribution in [0.25, 0.3) is 22.1 Å². The highest BCUT2D eigenvalue weighted by molar-refractivity contribution is 5.88. The van der Waals surface area contributed by atoms with Crippen molar-refractivity contribution in [3.8, 4) is 11.3 Å². The number of aromatic nitrogens is 1. The highest BCUT2D eigenvalue weighted by atomic mass is 16.5. The summed E-state index contributed by atoms with van der Waals surface area (Å²) in [5.74, 6) is 0.372. The van der Waals surface area contributed by atoms with Gasteiger partial charge in [-0.25, -0.2) is 0 Å². The molecule has 0 atom stereocenters. The lowest BCUT2D eigenvalue weighted by Crippen LogP contribution is -2.08. The molecule has 4 nitrogen and oxygen atoms in total. The van der Waals surface area contributed by atoms with E-state index in [2.05, 4.69) is 5.16 Å². The van der Waals surface area contributed by atoms with Crippen molar-refractivity contribution in [3.05, 3.63) is 90.1 Å². The van der Waals surface area contributed by atoms with E-state index < -0.39 is 0 Å². The normalized spacial score (nSPS) is 10.8. The first-order chi connectivity index (χ1) is 12.8. The standard InChI is InChI=1S/C22H17NO3/c24-22(13-18-11-6-10-16-7-4-5-12-20(16)18)25-15-19-14-21(26-23-19)17-8-2-1-3-9-17/h1-12,14H,13,15H2. The quantitative estimate of drug-likeness (QED) is 0.489. The second-order valence-corrected chi connectivity index (χ2v) is 6.02. The van der Waals surface area contributed by atoms with Crippen molar-refractivity contribution >= 4 is 16.7 Å². The van der Waals surface area contributed by atoms with E-state index in [1.54, 1.807) is 6.07 Å². The van der Waals surface area contributed by atoms with Gasteiger partial charge in [0.25, 0.3) is 0 Å². The largest absolute Gasteiger partial charge is 0.459 e. The van der Waals surface area contributed by atoms with Gasteiger partial charge in [0.2, 0.25) is 0 Å². The van der Waals surface area contributed by atoms with Gasteiger partial charge in [0.1, 0.15) is 12.3 Å². The van der Waals surface area contributed by atoms with Crippen molar-refractivity contribution in [2.75, 3.05) is 0 Å². The Balaban J connectivity index is 1.41. The fourth-order valence-corrected chi connectivity index (χ4v) is 2.93. The van der Waals surface area contributed by atoms with Crippen molar-refractivity contribution in [1.29, 1.82) is 0 Å². The van der Waals surface area contributed by atoms with E-state index in [9.17, 15) is 4.79 Å². The van der Waals surface area contributed by atoms with E-state index in [0.29, 0.717) is 11.5 Å². The minimum Gasteiger partial charge on any atom is -0.459 e. The van der Waals surface area contributed by atoms with Gasteiger partial charge in [-0.05, 0) is 16.3 Å². The first kappa shape index (κ1) is 16.1. The van der Waals surface area contributed by atoms with Crippen LogP contribution < -0.4 is 0 Å². The Hall–Kier alpha value is -3.40. The summed E-state index contributed by atoms with van der Waals surface area (Å²) >= 11 is 0. The molecule has 0 fully saturated rings. The molecule has 1 heterocycles. The predicted molar refractivity (Wildman–Crippen MR) is 99.4 cm³/mol. The van der Waals surface area contributed by atoms with Crippen LogP contribution in [0.1, 0.15) is 11.3 Å². The first-order valence-corrected chi connectivity index (χ1v) is 8.43. The zero-order chi connectivity index (χ0) is 17.8. The number of esters is 1. The summed E-state index contributed by atoms with van der Waals surface area (Å²) < 4.78 is 10.7. The molecule has 26 heavy (non-hydrogen) atoms. The van der Waals surface area contributed by atoms with Crippen LogP contribution in [0, 0.1) is 0 Å². The average molecular weight is 343 g/mol. The maximum absolute atomic E-state index is 12.2. The minimum absolute atomic E-state index is 0.0972. The summed E-state index contributed by atoms with van der Waals surface area (Å²) in [6.07, 6.45) is 0.227. The summed E-state index contributed by atoms with van der Waals surface area (Å²) in [7, 11) is 0. The Morgan fingerprint density at radius 2 is 1.69 bits per heavy atom. The van der Waals surface area contributed by atoms with E-state index in [1.165, 1.54) is 0 Å². The fraction of sp³-hybridized carbons (Fsp3) is 0.0909. The maximum atomic E-state index is 12.2. The molecule has 0 spiro atoms. The van der Waals surface area contributed by atoms with Crippen molar-refractivity contribution in [2.45, 2.75) is 13.0 Å². The smallest absolute Gasteiger partial charge is 0.310 e. The molecule has 0 aliphatic rings. The molecule has 0 bridgehead atoms. The maximum Gasteiger partial charge on any atom is 0.310 e. The van der Waals surface area contributed by atoms with Crippen LogP contribution >= 0.6 is 0 Å². The number of fused-ring (bicyclic) bond motifs is 1. The lowest BCUT2D eigenvalue weighted by atomic mass is 10.0. The van der Waals surface area contributed by atoms with Crippen molar-refractivity contribution in [1.82, 2.24) is 5.16 Å². The van der Waals surface area contributed by atoms with E-state index >= 15 is 0 Å². The molecular weight excluding hydrogens is 326 g/mol. The summed E-state index contributed by atoms with van der Waals surface area (Å²) in [5.41, 5.74) is 2.49. The Morgan fingerprint density at radius 3 is 2.58 bits per heavy atom. The van der Waals surface area contributed by atoms with Gasteiger partial charge in [-0.1, -0.05) is 78.0 Å². The van der Waals surface area contributed by atoms with E-state index in [4.69, 9.17) is 9.26 Å². The number of carbonyl (C=O) groups excluding carboxylic acids is 1. The fourth-order valence-electron chi connectivity index (χ4n) is 2.93. The molecular formula is C22H17NO3. The van der Waals surface area contributed by atoms with Crippen LogP contribution in [0.2, 0.25) is 0 Å². The topological polar surface area (TPSA) is 52.3 Å². The van der Waals surface area contributed by atoms with Gasteiger partial charge in [-0.2, -0.15) is 0 Å². The van der Waals surface area contributed by atoms with Gasteiger partial charge in [0.15, 0.2) is 5.76 Å². The molecule has 0 unspecified atom stereocenters. The Kier molecular flexibility index (Phi) is 4.48. The highest BCUT2D eigenvalue weighted by Crippen LogP contribution is 2.21. The monoisotopic (exact) mass is 343 g/mol. The molecule has 4 heteroatoms. The molecule has 0 radical (unpaired) electrons. The van der Waals surface area contributed by atoms with Gasteiger partial charge in [0, 0.05) is 11.6 Å². The van der Waals surface area contributed by atoms with Crippen LogP contribution in [0.3, 0.4) is 0 Å². The average Bonchev–Trinajstić information content (AvgIpc) is 3.17. The van der Waals surface area contributed by atoms with Crippen molar-refractivity contribution in [2.24, 2.45) is 0 Å². The van der Waals surface area contributed by atoms with Crippen molar-refractivity contribution < 1.29 is 14.1 Å². The zero-order valence-electron chi connectivity index (χ0n) is 14.1. The molecule has 3 aromatic carbocycles. The first-order valence-electron chi connectivity index (χ1n) is 8.43. The number of hydrogen-bond acceptors (Lipinski definition) is 4. The zero-order valence-corrected chi connectivity index (χ0v) is 14.1. The number of hydrogen-bond donors (Lipinski definition) is 0. The minimum atomic E-state index is -0.286. The third kappa shape index (κ3) is 3.49. The third-order valence-electron chi connectivity index (χ3n) is 4.21. The summed E-state index contributed by atoms with van der Waals surface area (Å²) in [6, 6.07) is 25.4. The number of rotatable bonds is 5. The molecule has 0 aliphatic heterocycles. The van der Waals surface area contributed by atoms with E-state index in [0.717, 1.165) is 21.9 Å². The molecule has 0 saturated heterocycles. The molecule has 128 valence electrons. The number of benzene rings is 3. The van der Waals surface area contributed by atoms with Gasteiger partial charge in [0.05, 0.1) is 6.42 Å². The number of ether oxygens (including phenoxy) is 1. The Labute approximate surface area is 151 Å². The summed E-state index contributed by atoms with van der Waals surface area (Å²) in [4.78, 5) is 12.2. The lowest BCUT2D eigenvalue weighted by molar-refractivity contribution is -0.144. The van der Waals surface area contributed by atoms with E-state index in [1.807, 2.05) is 72.8 Å². The van der Waals surface area contributed by atoms with Crippen LogP contribution in [0.4, 0.5) is 0 Å². The molecule has 4 rings (SSSR count). The molecule has 0 amide bonds. The van der Waals surface area contributed by atoms with E-state index in [-0.39, 0.29) is 19.0 Å². The molecule has 4 aromatic rings. The SMILES string of the molecule is O=C(Cc1cccc2ccccc12)OCc1cc(-c2ccccc2)on1. The van der Waals surface area contributed by atoms with Crippen LogP contribution in [0.15, 0.2) is 83.4 Å². The van der Waals surface area contributed by atoms with Gasteiger partial charge in [-0.3, -0.25) is 4.79 Å². The van der Waals surface area contributed by atoms with Crippen LogP contribution in [0.5, 0.6) is 0 Å². The second-order valence-electron chi connectivity index (χ2n) is 6.02. The molecule has 0 saturated carbocycles. The highest BCUT2D eigenvalue weighted by Gasteiger charge is 2.11. The predicted octanol–water partition coefficient (Wildman–Crippen LogP) is 4.78. The van der Waals surface area contributed by atoms with Gasteiger partial charge >= 0.3 is 5.97 Å². The number of carbonyl (C=O) groups is 1. The van der Waals surface area contributed by atoms with Crippen LogP contribution in [-0.4, -0.2) is 11.1 Å². The lowest BCUT2D eigenvalue weighted by Gasteiger charge is -2.06. The molecule has 0 aliphatic carbocycles. The Bertz CT molecular complexity index is 1030. The van der Waals surface area contributed by atoms with Crippen LogP contribution in [-0.2, 0) is 22.6 Å². The third-order valence-corrected chi connectivity index (χ3v) is 4.21. The number of nitrogens with zero attached hydrogens (tertiary/aromatic N) is 1. The molecule has 0 N–H and O–H groups in total. The summed E-state index contributed by atoms with van der Waals surface area (Å²) in [5, 5.41) is 6.15. The van der Waals surface area contributed by atoms with Gasteiger partial charge < -0.3 is 9.26 Å².